The van der Waals surface area contributed by atoms with Crippen molar-refractivity contribution in [2.24, 2.45) is 0 Å². The molecule has 1 aliphatic rings. The molecule has 5 nitrogen and oxygen atoms in total. The van der Waals surface area contributed by atoms with E-state index in [1.165, 1.54) is 12.1 Å². The van der Waals surface area contributed by atoms with Crippen LogP contribution in [0.1, 0.15) is 11.1 Å². The van der Waals surface area contributed by atoms with E-state index in [1.807, 2.05) is 6.07 Å². The van der Waals surface area contributed by atoms with Gasteiger partial charge in [-0.25, -0.2) is 13.1 Å². The van der Waals surface area contributed by atoms with E-state index >= 15 is 0 Å². The third kappa shape index (κ3) is 2.99. The largest absolute Gasteiger partial charge is 0.326 e. The molecule has 0 aromatic heterocycles. The van der Waals surface area contributed by atoms with Crippen LogP contribution in [-0.4, -0.2) is 14.3 Å². The number of halogens is 1. The van der Waals surface area contributed by atoms with E-state index in [2.05, 4.69) is 10.0 Å². The standard InChI is InChI=1S/C15H13ClN2O3S/c16-12-3-1-2-4-14(12)22(20,21)17-9-10-5-6-13-11(7-10)8-15(19)18-13/h1-7,17H,8-9H2,(H,18,19). The van der Waals surface area contributed by atoms with Gasteiger partial charge in [0.05, 0.1) is 11.4 Å². The van der Waals surface area contributed by atoms with Gasteiger partial charge in [0.15, 0.2) is 0 Å². The van der Waals surface area contributed by atoms with Gasteiger partial charge in [-0.1, -0.05) is 35.9 Å². The van der Waals surface area contributed by atoms with E-state index in [4.69, 9.17) is 11.6 Å². The van der Waals surface area contributed by atoms with Crippen molar-refractivity contribution in [1.82, 2.24) is 4.72 Å². The van der Waals surface area contributed by atoms with Gasteiger partial charge < -0.3 is 5.32 Å². The quantitative estimate of drug-likeness (QED) is 0.899. The van der Waals surface area contributed by atoms with Crippen LogP contribution in [0.2, 0.25) is 5.02 Å². The number of hydrogen-bond acceptors (Lipinski definition) is 3. The van der Waals surface area contributed by atoms with Crippen molar-refractivity contribution in [3.05, 3.63) is 58.6 Å². The van der Waals surface area contributed by atoms with Gasteiger partial charge in [-0.05, 0) is 29.3 Å². The molecule has 0 fully saturated rings. The number of fused-ring (bicyclic) bond motifs is 1. The summed E-state index contributed by atoms with van der Waals surface area (Å²) in [5.74, 6) is -0.0520. The number of carbonyl (C=O) groups is 1. The fourth-order valence-electron chi connectivity index (χ4n) is 2.31. The smallest absolute Gasteiger partial charge is 0.242 e. The van der Waals surface area contributed by atoms with Crippen molar-refractivity contribution in [2.45, 2.75) is 17.9 Å². The van der Waals surface area contributed by atoms with Gasteiger partial charge in [0.25, 0.3) is 0 Å². The van der Waals surface area contributed by atoms with Crippen molar-refractivity contribution in [1.29, 1.82) is 0 Å². The van der Waals surface area contributed by atoms with Crippen LogP contribution >= 0.6 is 11.6 Å². The second-order valence-electron chi connectivity index (χ2n) is 4.97. The minimum absolute atomic E-state index is 0.0506. The number of hydrogen-bond donors (Lipinski definition) is 2. The van der Waals surface area contributed by atoms with E-state index < -0.39 is 10.0 Å². The van der Waals surface area contributed by atoms with Crippen molar-refractivity contribution < 1.29 is 13.2 Å². The molecule has 114 valence electrons. The van der Waals surface area contributed by atoms with Gasteiger partial charge in [0.2, 0.25) is 15.9 Å². The lowest BCUT2D eigenvalue weighted by Crippen LogP contribution is -2.23. The molecule has 1 aliphatic heterocycles. The van der Waals surface area contributed by atoms with Crippen LogP contribution in [-0.2, 0) is 27.8 Å². The molecular weight excluding hydrogens is 324 g/mol. The maximum absolute atomic E-state index is 12.3. The minimum atomic E-state index is -3.68. The second-order valence-corrected chi connectivity index (χ2v) is 7.11. The first-order valence-electron chi connectivity index (χ1n) is 6.61. The van der Waals surface area contributed by atoms with E-state index in [-0.39, 0.29) is 22.4 Å². The molecule has 0 unspecified atom stereocenters. The molecule has 7 heteroatoms. The van der Waals surface area contributed by atoms with Gasteiger partial charge in [-0.15, -0.1) is 0 Å². The SMILES string of the molecule is O=C1Cc2cc(CNS(=O)(=O)c3ccccc3Cl)ccc2N1. The van der Waals surface area contributed by atoms with Crippen LogP contribution in [0.5, 0.6) is 0 Å². The molecular formula is C15H13ClN2O3S. The van der Waals surface area contributed by atoms with Gasteiger partial charge in [0, 0.05) is 12.2 Å². The number of rotatable bonds is 4. The summed E-state index contributed by atoms with van der Waals surface area (Å²) in [5, 5.41) is 2.91. The zero-order valence-corrected chi connectivity index (χ0v) is 13.0. The number of sulfonamides is 1. The Kier molecular flexibility index (Phi) is 3.90. The fraction of sp³-hybridized carbons (Fsp3) is 0.133. The molecule has 2 aromatic carbocycles. The highest BCUT2D eigenvalue weighted by Gasteiger charge is 2.19. The van der Waals surface area contributed by atoms with Gasteiger partial charge in [-0.2, -0.15) is 0 Å². The Balaban J connectivity index is 1.77. The molecule has 0 atom stereocenters. The van der Waals surface area contributed by atoms with Gasteiger partial charge >= 0.3 is 0 Å². The molecule has 2 N–H and O–H groups in total. The monoisotopic (exact) mass is 336 g/mol. The third-order valence-electron chi connectivity index (χ3n) is 3.39. The number of benzene rings is 2. The lowest BCUT2D eigenvalue weighted by atomic mass is 10.1. The topological polar surface area (TPSA) is 75.3 Å². The summed E-state index contributed by atoms with van der Waals surface area (Å²) >= 11 is 5.92. The molecule has 1 heterocycles. The maximum Gasteiger partial charge on any atom is 0.242 e. The summed E-state index contributed by atoms with van der Waals surface area (Å²) in [6.07, 6.45) is 0.320. The number of nitrogens with one attached hydrogen (secondary N) is 2. The number of amides is 1. The Hall–Kier alpha value is -1.89. The van der Waals surface area contributed by atoms with Gasteiger partial charge in [0.1, 0.15) is 4.90 Å². The maximum atomic E-state index is 12.3. The molecule has 0 saturated carbocycles. The average Bonchev–Trinajstić information content (AvgIpc) is 2.85. The van der Waals surface area contributed by atoms with E-state index in [0.29, 0.717) is 6.42 Å². The first-order valence-corrected chi connectivity index (χ1v) is 8.48. The van der Waals surface area contributed by atoms with Crippen molar-refractivity contribution in [3.63, 3.8) is 0 Å². The first-order chi connectivity index (χ1) is 10.5. The Morgan fingerprint density at radius 3 is 2.73 bits per heavy atom. The van der Waals surface area contributed by atoms with E-state index in [0.717, 1.165) is 16.8 Å². The molecule has 0 bridgehead atoms. The second kappa shape index (κ2) is 5.72. The highest BCUT2D eigenvalue weighted by atomic mass is 35.5. The fourth-order valence-corrected chi connectivity index (χ4v) is 3.85. The molecule has 0 saturated heterocycles. The van der Waals surface area contributed by atoms with Crippen molar-refractivity contribution >= 4 is 33.2 Å². The zero-order valence-electron chi connectivity index (χ0n) is 11.5. The summed E-state index contributed by atoms with van der Waals surface area (Å²) < 4.78 is 27.0. The average molecular weight is 337 g/mol. The first kappa shape index (κ1) is 15.0. The van der Waals surface area contributed by atoms with Gasteiger partial charge in [-0.3, -0.25) is 4.79 Å². The van der Waals surface area contributed by atoms with E-state index in [9.17, 15) is 13.2 Å². The molecule has 0 aliphatic carbocycles. The lowest BCUT2D eigenvalue weighted by molar-refractivity contribution is -0.115. The summed E-state index contributed by atoms with van der Waals surface area (Å²) in [4.78, 5) is 11.4. The molecule has 0 spiro atoms. The summed E-state index contributed by atoms with van der Waals surface area (Å²) in [6.45, 7) is 0.134. The van der Waals surface area contributed by atoms with Crippen molar-refractivity contribution in [2.75, 3.05) is 5.32 Å². The van der Waals surface area contributed by atoms with Crippen LogP contribution in [0.15, 0.2) is 47.4 Å². The Labute approximate surface area is 133 Å². The van der Waals surface area contributed by atoms with E-state index in [1.54, 1.807) is 24.3 Å². The summed E-state index contributed by atoms with van der Waals surface area (Å²) in [7, 11) is -3.68. The highest BCUT2D eigenvalue weighted by Crippen LogP contribution is 2.24. The summed E-state index contributed by atoms with van der Waals surface area (Å²) in [6, 6.07) is 11.7. The Morgan fingerprint density at radius 2 is 1.95 bits per heavy atom. The molecule has 22 heavy (non-hydrogen) atoms. The summed E-state index contributed by atoms with van der Waals surface area (Å²) in [5.41, 5.74) is 2.44. The highest BCUT2D eigenvalue weighted by molar-refractivity contribution is 7.89. The predicted molar refractivity (Wildman–Crippen MR) is 84.3 cm³/mol. The molecule has 1 amide bonds. The normalized spacial score (nSPS) is 13.8. The van der Waals surface area contributed by atoms with Crippen LogP contribution in [0, 0.1) is 0 Å². The lowest BCUT2D eigenvalue weighted by Gasteiger charge is -2.09. The zero-order chi connectivity index (χ0) is 15.7. The third-order valence-corrected chi connectivity index (χ3v) is 5.29. The Morgan fingerprint density at radius 1 is 1.18 bits per heavy atom. The van der Waals surface area contributed by atoms with Crippen LogP contribution in [0.4, 0.5) is 5.69 Å². The minimum Gasteiger partial charge on any atom is -0.326 e. The predicted octanol–water partition coefficient (Wildman–Crippen LogP) is 2.31. The molecule has 2 aromatic rings. The van der Waals surface area contributed by atoms with Crippen LogP contribution in [0.25, 0.3) is 0 Å². The Bertz CT molecular complexity index is 850. The van der Waals surface area contributed by atoms with Crippen LogP contribution in [0.3, 0.4) is 0 Å². The number of anilines is 1. The molecule has 3 rings (SSSR count). The van der Waals surface area contributed by atoms with Crippen molar-refractivity contribution in [3.8, 4) is 0 Å². The van der Waals surface area contributed by atoms with Crippen LogP contribution < -0.4 is 10.0 Å². The number of carbonyl (C=O) groups excluding carboxylic acids is 1. The molecule has 0 radical (unpaired) electrons.